The number of para-hydroxylation sites is 1. The van der Waals surface area contributed by atoms with Crippen LogP contribution in [0.2, 0.25) is 0 Å². The maximum atomic E-state index is 12.5. The molecule has 7 heteroatoms. The summed E-state index contributed by atoms with van der Waals surface area (Å²) in [4.78, 5) is 23.0. The van der Waals surface area contributed by atoms with Gasteiger partial charge in [0.15, 0.2) is 0 Å². The van der Waals surface area contributed by atoms with Crippen LogP contribution >= 0.6 is 0 Å². The van der Waals surface area contributed by atoms with Crippen LogP contribution in [0.4, 0.5) is 5.69 Å². The minimum atomic E-state index is -0.545. The lowest BCUT2D eigenvalue weighted by atomic mass is 10.0. The number of carbonyl (C=O) groups is 1. The van der Waals surface area contributed by atoms with Crippen LogP contribution in [0, 0.1) is 24.0 Å². The van der Waals surface area contributed by atoms with Gasteiger partial charge in [-0.25, -0.2) is 0 Å². The summed E-state index contributed by atoms with van der Waals surface area (Å²) in [5.74, 6) is -0.452. The quantitative estimate of drug-likeness (QED) is 0.678. The molecule has 0 aliphatic carbocycles. The van der Waals surface area contributed by atoms with Gasteiger partial charge >= 0.3 is 0 Å². The van der Waals surface area contributed by atoms with Crippen molar-refractivity contribution in [2.45, 2.75) is 33.2 Å². The van der Waals surface area contributed by atoms with Gasteiger partial charge < -0.3 is 5.32 Å². The fraction of sp³-hybridized carbons (Fsp3) is 0.375. The second-order valence-corrected chi connectivity index (χ2v) is 5.42. The third-order valence-corrected chi connectivity index (χ3v) is 3.97. The number of hydrogen-bond donors (Lipinski definition) is 1. The summed E-state index contributed by atoms with van der Waals surface area (Å²) in [7, 11) is 1.85. The molecular formula is C16H20N4O3. The van der Waals surface area contributed by atoms with Crippen molar-refractivity contribution in [3.8, 4) is 0 Å². The number of nitrogens with one attached hydrogen (secondary N) is 1. The SMILES string of the molecule is CC[C@@H](NC(=O)c1ccccc1[N+](=O)[O-])c1c(C)nn(C)c1C. The van der Waals surface area contributed by atoms with E-state index in [0.29, 0.717) is 6.42 Å². The van der Waals surface area contributed by atoms with Gasteiger partial charge in [0.2, 0.25) is 0 Å². The molecule has 1 amide bonds. The van der Waals surface area contributed by atoms with Crippen LogP contribution in [-0.2, 0) is 7.05 Å². The van der Waals surface area contributed by atoms with E-state index in [1.807, 2.05) is 27.8 Å². The number of rotatable bonds is 5. The number of amides is 1. The number of aryl methyl sites for hydroxylation is 2. The summed E-state index contributed by atoms with van der Waals surface area (Å²) in [6, 6.07) is 5.71. The fourth-order valence-corrected chi connectivity index (χ4v) is 2.73. The molecule has 1 aromatic carbocycles. The van der Waals surface area contributed by atoms with Crippen molar-refractivity contribution in [3.05, 3.63) is 56.9 Å². The van der Waals surface area contributed by atoms with Gasteiger partial charge in [0, 0.05) is 24.4 Å². The van der Waals surface area contributed by atoms with Crippen molar-refractivity contribution in [3.63, 3.8) is 0 Å². The highest BCUT2D eigenvalue weighted by Crippen LogP contribution is 2.25. The molecule has 1 aromatic heterocycles. The number of aromatic nitrogens is 2. The Hall–Kier alpha value is -2.70. The van der Waals surface area contributed by atoms with E-state index in [-0.39, 0.29) is 17.3 Å². The van der Waals surface area contributed by atoms with Gasteiger partial charge in [-0.2, -0.15) is 5.10 Å². The molecule has 1 N–H and O–H groups in total. The number of nitro groups is 1. The number of carbonyl (C=O) groups excluding carboxylic acids is 1. The highest BCUT2D eigenvalue weighted by Gasteiger charge is 2.24. The number of hydrogen-bond acceptors (Lipinski definition) is 4. The monoisotopic (exact) mass is 316 g/mol. The largest absolute Gasteiger partial charge is 0.345 e. The first-order chi connectivity index (χ1) is 10.9. The number of nitrogens with zero attached hydrogens (tertiary/aromatic N) is 3. The van der Waals surface area contributed by atoms with Crippen molar-refractivity contribution in [1.29, 1.82) is 0 Å². The Morgan fingerprint density at radius 2 is 2.04 bits per heavy atom. The van der Waals surface area contributed by atoms with Crippen molar-refractivity contribution in [2.24, 2.45) is 7.05 Å². The van der Waals surface area contributed by atoms with Crippen molar-refractivity contribution in [2.75, 3.05) is 0 Å². The lowest BCUT2D eigenvalue weighted by Gasteiger charge is -2.18. The minimum Gasteiger partial charge on any atom is -0.345 e. The molecule has 0 unspecified atom stereocenters. The summed E-state index contributed by atoms with van der Waals surface area (Å²) < 4.78 is 1.77. The van der Waals surface area contributed by atoms with Gasteiger partial charge in [0.1, 0.15) is 5.56 Å². The molecule has 0 radical (unpaired) electrons. The molecule has 122 valence electrons. The topological polar surface area (TPSA) is 90.1 Å². The van der Waals surface area contributed by atoms with E-state index in [4.69, 9.17) is 0 Å². The Kier molecular flexibility index (Phi) is 4.78. The Bertz CT molecular complexity index is 752. The van der Waals surface area contributed by atoms with Crippen LogP contribution in [-0.4, -0.2) is 20.6 Å². The molecule has 1 heterocycles. The molecule has 23 heavy (non-hydrogen) atoms. The predicted molar refractivity (Wildman–Crippen MR) is 86.3 cm³/mol. The Balaban J connectivity index is 2.33. The highest BCUT2D eigenvalue weighted by molar-refractivity contribution is 5.98. The van der Waals surface area contributed by atoms with E-state index in [2.05, 4.69) is 10.4 Å². The van der Waals surface area contributed by atoms with Crippen molar-refractivity contribution < 1.29 is 9.72 Å². The fourth-order valence-electron chi connectivity index (χ4n) is 2.73. The lowest BCUT2D eigenvalue weighted by Crippen LogP contribution is -2.29. The van der Waals surface area contributed by atoms with Gasteiger partial charge in [0.25, 0.3) is 11.6 Å². The molecular weight excluding hydrogens is 296 g/mol. The normalized spacial score (nSPS) is 12.0. The van der Waals surface area contributed by atoms with Crippen molar-refractivity contribution in [1.82, 2.24) is 15.1 Å². The lowest BCUT2D eigenvalue weighted by molar-refractivity contribution is -0.385. The van der Waals surface area contributed by atoms with E-state index >= 15 is 0 Å². The second kappa shape index (κ2) is 6.60. The molecule has 1 atom stereocenters. The first-order valence-corrected chi connectivity index (χ1v) is 7.41. The average molecular weight is 316 g/mol. The van der Waals surface area contributed by atoms with Crippen molar-refractivity contribution >= 4 is 11.6 Å². The van der Waals surface area contributed by atoms with Crippen LogP contribution in [0.25, 0.3) is 0 Å². The summed E-state index contributed by atoms with van der Waals surface area (Å²) in [6.07, 6.45) is 0.666. The number of benzene rings is 1. The van der Waals surface area contributed by atoms with Crippen LogP contribution < -0.4 is 5.32 Å². The first kappa shape index (κ1) is 16.7. The van der Waals surface area contributed by atoms with Gasteiger partial charge in [0.05, 0.1) is 16.7 Å². The Morgan fingerprint density at radius 3 is 2.57 bits per heavy atom. The van der Waals surface area contributed by atoms with E-state index in [1.165, 1.54) is 12.1 Å². The standard InChI is InChI=1S/C16H20N4O3/c1-5-13(15-10(2)18-19(4)11(15)3)17-16(21)12-8-6-7-9-14(12)20(22)23/h6-9,13H,5H2,1-4H3,(H,17,21)/t13-/m1/s1. The number of nitro benzene ring substituents is 1. The minimum absolute atomic E-state index is 0.0650. The van der Waals surface area contributed by atoms with E-state index in [1.54, 1.807) is 16.8 Å². The molecule has 0 fully saturated rings. The van der Waals surface area contributed by atoms with Crippen LogP contribution in [0.3, 0.4) is 0 Å². The molecule has 7 nitrogen and oxygen atoms in total. The van der Waals surface area contributed by atoms with E-state index in [9.17, 15) is 14.9 Å². The van der Waals surface area contributed by atoms with Crippen LogP contribution in [0.5, 0.6) is 0 Å². The van der Waals surface area contributed by atoms with E-state index < -0.39 is 10.8 Å². The third kappa shape index (κ3) is 3.23. The summed E-state index contributed by atoms with van der Waals surface area (Å²) in [6.45, 7) is 5.79. The Labute approximate surface area is 134 Å². The van der Waals surface area contributed by atoms with Gasteiger partial charge in [-0.15, -0.1) is 0 Å². The summed E-state index contributed by atoms with van der Waals surface area (Å²) in [5, 5.41) is 18.3. The molecule has 0 spiro atoms. The van der Waals surface area contributed by atoms with Crippen LogP contribution in [0.15, 0.2) is 24.3 Å². The zero-order valence-corrected chi connectivity index (χ0v) is 13.7. The van der Waals surface area contributed by atoms with E-state index in [0.717, 1.165) is 17.0 Å². The molecule has 2 aromatic rings. The molecule has 0 bridgehead atoms. The zero-order chi connectivity index (χ0) is 17.1. The van der Waals surface area contributed by atoms with Gasteiger partial charge in [-0.3, -0.25) is 19.6 Å². The molecule has 2 rings (SSSR count). The second-order valence-electron chi connectivity index (χ2n) is 5.42. The molecule has 0 saturated carbocycles. The molecule has 0 aliphatic heterocycles. The Morgan fingerprint density at radius 1 is 1.39 bits per heavy atom. The van der Waals surface area contributed by atoms with Gasteiger partial charge in [-0.05, 0) is 26.3 Å². The smallest absolute Gasteiger partial charge is 0.282 e. The summed E-state index contributed by atoms with van der Waals surface area (Å²) >= 11 is 0. The highest BCUT2D eigenvalue weighted by atomic mass is 16.6. The maximum Gasteiger partial charge on any atom is 0.282 e. The third-order valence-electron chi connectivity index (χ3n) is 3.97. The zero-order valence-electron chi connectivity index (χ0n) is 13.7. The first-order valence-electron chi connectivity index (χ1n) is 7.41. The molecule has 0 aliphatic rings. The average Bonchev–Trinajstić information content (AvgIpc) is 2.77. The van der Waals surface area contributed by atoms with Crippen LogP contribution in [0.1, 0.15) is 46.7 Å². The predicted octanol–water partition coefficient (Wildman–Crippen LogP) is 2.83. The summed E-state index contributed by atoms with van der Waals surface area (Å²) in [5.41, 5.74) is 2.65. The van der Waals surface area contributed by atoms with Gasteiger partial charge in [-0.1, -0.05) is 19.1 Å². The maximum absolute atomic E-state index is 12.5. The molecule has 0 saturated heterocycles.